The van der Waals surface area contributed by atoms with Gasteiger partial charge in [0.2, 0.25) is 0 Å². The molecule has 0 aliphatic carbocycles. The number of nitrogens with zero attached hydrogens (tertiary/aromatic N) is 3. The predicted octanol–water partition coefficient (Wildman–Crippen LogP) is 1.24. The molecule has 102 valence electrons. The van der Waals surface area contributed by atoms with Crippen molar-refractivity contribution < 1.29 is 14.7 Å². The van der Waals surface area contributed by atoms with E-state index >= 15 is 0 Å². The summed E-state index contributed by atoms with van der Waals surface area (Å²) in [5, 5.41) is 8.84. The minimum absolute atomic E-state index is 0.101. The summed E-state index contributed by atoms with van der Waals surface area (Å²) in [6.45, 7) is 1.84. The van der Waals surface area contributed by atoms with Crippen molar-refractivity contribution >= 4 is 11.9 Å². The summed E-state index contributed by atoms with van der Waals surface area (Å²) in [4.78, 5) is 29.1. The van der Waals surface area contributed by atoms with Crippen molar-refractivity contribution in [2.75, 3.05) is 6.54 Å². The monoisotopic (exact) mass is 271 g/mol. The fourth-order valence-corrected chi connectivity index (χ4v) is 2.28. The van der Waals surface area contributed by atoms with Crippen molar-refractivity contribution in [3.8, 4) is 0 Å². The standard InChI is InChI=1S/C14H13N3O3/c18-13(10-1-3-11(4-2-10)14(19)20)17-8-7-16-6-5-15-12(16)9-17/h1-6H,7-9H2,(H,19,20). The van der Waals surface area contributed by atoms with Gasteiger partial charge < -0.3 is 14.6 Å². The molecule has 2 aromatic rings. The molecule has 0 fully saturated rings. The maximum atomic E-state index is 12.4. The third-order valence-corrected chi connectivity index (χ3v) is 3.41. The molecule has 1 N–H and O–H groups in total. The molecule has 1 aliphatic heterocycles. The van der Waals surface area contributed by atoms with Gasteiger partial charge in [-0.05, 0) is 24.3 Å². The third-order valence-electron chi connectivity index (χ3n) is 3.41. The van der Waals surface area contributed by atoms with E-state index in [4.69, 9.17) is 5.11 Å². The number of fused-ring (bicyclic) bond motifs is 1. The Labute approximate surface area is 115 Å². The normalized spacial score (nSPS) is 13.9. The molecule has 2 heterocycles. The maximum absolute atomic E-state index is 12.4. The molecular formula is C14H13N3O3. The molecule has 20 heavy (non-hydrogen) atoms. The highest BCUT2D eigenvalue weighted by Gasteiger charge is 2.22. The van der Waals surface area contributed by atoms with Gasteiger partial charge in [0.15, 0.2) is 0 Å². The van der Waals surface area contributed by atoms with Crippen LogP contribution in [0, 0.1) is 0 Å². The van der Waals surface area contributed by atoms with Gasteiger partial charge in [-0.15, -0.1) is 0 Å². The summed E-state index contributed by atoms with van der Waals surface area (Å²) >= 11 is 0. The first-order chi connectivity index (χ1) is 9.65. The van der Waals surface area contributed by atoms with Crippen molar-refractivity contribution in [2.24, 2.45) is 0 Å². The van der Waals surface area contributed by atoms with E-state index < -0.39 is 5.97 Å². The molecule has 6 heteroatoms. The number of amides is 1. The smallest absolute Gasteiger partial charge is 0.335 e. The lowest BCUT2D eigenvalue weighted by Gasteiger charge is -2.27. The van der Waals surface area contributed by atoms with E-state index in [1.807, 2.05) is 10.8 Å². The molecule has 1 aliphatic rings. The molecule has 0 bridgehead atoms. The molecule has 1 amide bonds. The number of hydrogen-bond donors (Lipinski definition) is 1. The fraction of sp³-hybridized carbons (Fsp3) is 0.214. The number of rotatable bonds is 2. The van der Waals surface area contributed by atoms with E-state index in [0.717, 1.165) is 12.4 Å². The Morgan fingerprint density at radius 3 is 2.50 bits per heavy atom. The summed E-state index contributed by atoms with van der Waals surface area (Å²) < 4.78 is 2.03. The van der Waals surface area contributed by atoms with Crippen LogP contribution in [0.3, 0.4) is 0 Å². The van der Waals surface area contributed by atoms with E-state index in [1.165, 1.54) is 12.1 Å². The van der Waals surface area contributed by atoms with Crippen molar-refractivity contribution in [2.45, 2.75) is 13.1 Å². The highest BCUT2D eigenvalue weighted by atomic mass is 16.4. The fourth-order valence-electron chi connectivity index (χ4n) is 2.28. The van der Waals surface area contributed by atoms with Crippen molar-refractivity contribution in [3.63, 3.8) is 0 Å². The third kappa shape index (κ3) is 2.16. The van der Waals surface area contributed by atoms with E-state index in [0.29, 0.717) is 18.7 Å². The van der Waals surface area contributed by atoms with Crippen LogP contribution in [0.25, 0.3) is 0 Å². The maximum Gasteiger partial charge on any atom is 0.335 e. The van der Waals surface area contributed by atoms with E-state index in [-0.39, 0.29) is 11.5 Å². The van der Waals surface area contributed by atoms with E-state index in [1.54, 1.807) is 23.2 Å². The van der Waals surface area contributed by atoms with Crippen LogP contribution in [0.2, 0.25) is 0 Å². The van der Waals surface area contributed by atoms with Gasteiger partial charge in [0, 0.05) is 31.0 Å². The number of carbonyl (C=O) groups is 2. The summed E-state index contributed by atoms with van der Waals surface area (Å²) in [7, 11) is 0. The zero-order chi connectivity index (χ0) is 14.1. The first kappa shape index (κ1) is 12.4. The molecule has 1 aromatic carbocycles. The first-order valence-corrected chi connectivity index (χ1v) is 6.28. The molecule has 0 unspecified atom stereocenters. The van der Waals surface area contributed by atoms with Gasteiger partial charge in [-0.2, -0.15) is 0 Å². The molecule has 1 aromatic heterocycles. The number of carboxylic acid groups (broad SMARTS) is 1. The van der Waals surface area contributed by atoms with Crippen LogP contribution >= 0.6 is 0 Å². The predicted molar refractivity (Wildman–Crippen MR) is 70.4 cm³/mol. The van der Waals surface area contributed by atoms with Crippen LogP contribution in [0.4, 0.5) is 0 Å². The SMILES string of the molecule is O=C(O)c1ccc(C(=O)N2CCn3ccnc3C2)cc1. The largest absolute Gasteiger partial charge is 0.478 e. The average Bonchev–Trinajstić information content (AvgIpc) is 2.94. The highest BCUT2D eigenvalue weighted by Crippen LogP contribution is 2.14. The molecule has 0 atom stereocenters. The van der Waals surface area contributed by atoms with Crippen LogP contribution in [0.15, 0.2) is 36.7 Å². The number of carboxylic acids is 1. The van der Waals surface area contributed by atoms with E-state index in [2.05, 4.69) is 4.98 Å². The Morgan fingerprint density at radius 1 is 1.10 bits per heavy atom. The van der Waals surface area contributed by atoms with E-state index in [9.17, 15) is 9.59 Å². The number of aromatic nitrogens is 2. The topological polar surface area (TPSA) is 75.4 Å². The molecule has 0 spiro atoms. The van der Waals surface area contributed by atoms with Crippen molar-refractivity contribution in [1.29, 1.82) is 0 Å². The van der Waals surface area contributed by atoms with Gasteiger partial charge in [0.05, 0.1) is 12.1 Å². The van der Waals surface area contributed by atoms with Crippen LogP contribution in [0.5, 0.6) is 0 Å². The van der Waals surface area contributed by atoms with Gasteiger partial charge in [-0.1, -0.05) is 0 Å². The van der Waals surface area contributed by atoms with Crippen LogP contribution in [-0.2, 0) is 13.1 Å². The molecule has 0 saturated carbocycles. The van der Waals surface area contributed by atoms with Crippen LogP contribution in [-0.4, -0.2) is 38.0 Å². The van der Waals surface area contributed by atoms with Gasteiger partial charge in [0.1, 0.15) is 5.82 Å². The number of imidazole rings is 1. The minimum atomic E-state index is -0.996. The Bertz CT molecular complexity index is 661. The Morgan fingerprint density at radius 2 is 1.80 bits per heavy atom. The van der Waals surface area contributed by atoms with Crippen LogP contribution < -0.4 is 0 Å². The first-order valence-electron chi connectivity index (χ1n) is 6.28. The number of benzene rings is 1. The Hall–Kier alpha value is -2.63. The highest BCUT2D eigenvalue weighted by molar-refractivity contribution is 5.95. The zero-order valence-electron chi connectivity index (χ0n) is 10.7. The second kappa shape index (κ2) is 4.80. The second-order valence-electron chi connectivity index (χ2n) is 4.65. The summed E-state index contributed by atoms with van der Waals surface area (Å²) in [6.07, 6.45) is 3.63. The molecule has 3 rings (SSSR count). The lowest BCUT2D eigenvalue weighted by molar-refractivity contribution is 0.0688. The lowest BCUT2D eigenvalue weighted by atomic mass is 10.1. The average molecular weight is 271 g/mol. The molecule has 0 radical (unpaired) electrons. The number of aromatic carboxylic acids is 1. The molecular weight excluding hydrogens is 258 g/mol. The second-order valence-corrected chi connectivity index (χ2v) is 4.65. The lowest BCUT2D eigenvalue weighted by Crippen LogP contribution is -2.38. The summed E-state index contributed by atoms with van der Waals surface area (Å²) in [6, 6.07) is 5.99. The van der Waals surface area contributed by atoms with Crippen molar-refractivity contribution in [3.05, 3.63) is 53.6 Å². The summed E-state index contributed by atoms with van der Waals surface area (Å²) in [5.74, 6) is -0.230. The Kier molecular flexibility index (Phi) is 2.98. The van der Waals surface area contributed by atoms with Crippen molar-refractivity contribution in [1.82, 2.24) is 14.5 Å². The Balaban J connectivity index is 1.78. The molecule has 0 saturated heterocycles. The number of carbonyl (C=O) groups excluding carboxylic acids is 1. The minimum Gasteiger partial charge on any atom is -0.478 e. The van der Waals surface area contributed by atoms with Gasteiger partial charge in [-0.25, -0.2) is 9.78 Å². The molecule has 6 nitrogen and oxygen atoms in total. The van der Waals surface area contributed by atoms with Gasteiger partial charge in [-0.3, -0.25) is 4.79 Å². The number of hydrogen-bond acceptors (Lipinski definition) is 3. The van der Waals surface area contributed by atoms with Gasteiger partial charge in [0.25, 0.3) is 5.91 Å². The van der Waals surface area contributed by atoms with Gasteiger partial charge >= 0.3 is 5.97 Å². The zero-order valence-corrected chi connectivity index (χ0v) is 10.7. The van der Waals surface area contributed by atoms with Crippen LogP contribution in [0.1, 0.15) is 26.5 Å². The quantitative estimate of drug-likeness (QED) is 0.891. The summed E-state index contributed by atoms with van der Waals surface area (Å²) in [5.41, 5.74) is 0.672.